The molecule has 0 spiro atoms. The van der Waals surface area contributed by atoms with Gasteiger partial charge in [0.25, 0.3) is 6.43 Å². The fourth-order valence-corrected chi connectivity index (χ4v) is 1.04. The van der Waals surface area contributed by atoms with E-state index < -0.39 is 23.1 Å². The number of halogens is 2. The first-order chi connectivity index (χ1) is 6.60. The standard InChI is InChI=1S/C8H7F2N3O/c9-8(10)7-5(3-12)13-4(2-11)1-6(7)14/h1,8H,2,11H2,(H,13,14). The summed E-state index contributed by atoms with van der Waals surface area (Å²) in [7, 11) is 0. The van der Waals surface area contributed by atoms with E-state index >= 15 is 0 Å². The Morgan fingerprint density at radius 2 is 2.29 bits per heavy atom. The largest absolute Gasteiger partial charge is 0.349 e. The summed E-state index contributed by atoms with van der Waals surface area (Å²) in [4.78, 5) is 13.5. The van der Waals surface area contributed by atoms with Crippen LogP contribution in [0, 0.1) is 11.3 Å². The Balaban J connectivity index is 3.45. The maximum atomic E-state index is 12.3. The first-order valence-corrected chi connectivity index (χ1v) is 3.74. The molecule has 0 bridgehead atoms. The van der Waals surface area contributed by atoms with Gasteiger partial charge in [-0.1, -0.05) is 0 Å². The SMILES string of the molecule is N#Cc1[nH]c(CN)cc(=O)c1C(F)F. The second kappa shape index (κ2) is 3.98. The van der Waals surface area contributed by atoms with Gasteiger partial charge in [0.05, 0.1) is 5.56 Å². The van der Waals surface area contributed by atoms with Gasteiger partial charge < -0.3 is 10.7 Å². The van der Waals surface area contributed by atoms with E-state index in [4.69, 9.17) is 11.0 Å². The number of pyridine rings is 1. The van der Waals surface area contributed by atoms with Gasteiger partial charge in [-0.25, -0.2) is 8.78 Å². The van der Waals surface area contributed by atoms with Crippen molar-refractivity contribution < 1.29 is 8.78 Å². The molecule has 14 heavy (non-hydrogen) atoms. The molecule has 0 aliphatic heterocycles. The Hall–Kier alpha value is -1.74. The maximum absolute atomic E-state index is 12.3. The minimum atomic E-state index is -2.96. The molecule has 0 saturated carbocycles. The van der Waals surface area contributed by atoms with Gasteiger partial charge >= 0.3 is 0 Å². The van der Waals surface area contributed by atoms with Crippen molar-refractivity contribution in [2.24, 2.45) is 5.73 Å². The van der Waals surface area contributed by atoms with Crippen LogP contribution < -0.4 is 11.2 Å². The Morgan fingerprint density at radius 1 is 1.64 bits per heavy atom. The highest BCUT2D eigenvalue weighted by atomic mass is 19.3. The maximum Gasteiger partial charge on any atom is 0.270 e. The van der Waals surface area contributed by atoms with Crippen molar-refractivity contribution in [3.63, 3.8) is 0 Å². The van der Waals surface area contributed by atoms with Crippen LogP contribution in [-0.4, -0.2) is 4.98 Å². The second-order valence-electron chi connectivity index (χ2n) is 2.56. The van der Waals surface area contributed by atoms with Crippen LogP contribution >= 0.6 is 0 Å². The van der Waals surface area contributed by atoms with Gasteiger partial charge in [0.2, 0.25) is 0 Å². The number of nitrogens with zero attached hydrogens (tertiary/aromatic N) is 1. The molecule has 1 aromatic rings. The second-order valence-corrected chi connectivity index (χ2v) is 2.56. The van der Waals surface area contributed by atoms with Crippen LogP contribution in [-0.2, 0) is 6.54 Å². The monoisotopic (exact) mass is 199 g/mol. The van der Waals surface area contributed by atoms with Crippen molar-refractivity contribution in [1.82, 2.24) is 4.98 Å². The topological polar surface area (TPSA) is 82.7 Å². The van der Waals surface area contributed by atoms with Crippen LogP contribution in [0.25, 0.3) is 0 Å². The van der Waals surface area contributed by atoms with Gasteiger partial charge in [-0.3, -0.25) is 4.79 Å². The molecule has 0 fully saturated rings. The lowest BCUT2D eigenvalue weighted by Gasteiger charge is -2.03. The van der Waals surface area contributed by atoms with Gasteiger partial charge in [0, 0.05) is 18.3 Å². The molecular formula is C8H7F2N3O. The van der Waals surface area contributed by atoms with E-state index in [1.807, 2.05) is 0 Å². The lowest BCUT2D eigenvalue weighted by Crippen LogP contribution is -2.16. The molecule has 0 atom stereocenters. The molecule has 6 heteroatoms. The third kappa shape index (κ3) is 1.78. The molecule has 0 amide bonds. The van der Waals surface area contributed by atoms with E-state index in [0.29, 0.717) is 0 Å². The lowest BCUT2D eigenvalue weighted by atomic mass is 10.2. The Kier molecular flexibility index (Phi) is 2.94. The number of rotatable bonds is 2. The summed E-state index contributed by atoms with van der Waals surface area (Å²) >= 11 is 0. The third-order valence-electron chi connectivity index (χ3n) is 1.68. The van der Waals surface area contributed by atoms with Gasteiger partial charge in [-0.05, 0) is 0 Å². The number of alkyl halides is 2. The zero-order chi connectivity index (χ0) is 10.7. The summed E-state index contributed by atoms with van der Waals surface area (Å²) in [5.74, 6) is 0. The van der Waals surface area contributed by atoms with Crippen molar-refractivity contribution in [2.75, 3.05) is 0 Å². The minimum Gasteiger partial charge on any atom is -0.349 e. The zero-order valence-electron chi connectivity index (χ0n) is 7.05. The van der Waals surface area contributed by atoms with Gasteiger partial charge in [-0.15, -0.1) is 0 Å². The minimum absolute atomic E-state index is 0.00651. The predicted molar refractivity (Wildman–Crippen MR) is 44.6 cm³/mol. The number of nitrogens with two attached hydrogens (primary N) is 1. The summed E-state index contributed by atoms with van der Waals surface area (Å²) in [6.07, 6.45) is -2.96. The fraction of sp³-hybridized carbons (Fsp3) is 0.250. The Bertz CT molecular complexity index is 433. The van der Waals surface area contributed by atoms with Gasteiger partial charge in [0.15, 0.2) is 5.43 Å². The van der Waals surface area contributed by atoms with Crippen molar-refractivity contribution >= 4 is 0 Å². The molecule has 1 heterocycles. The number of nitrogens with one attached hydrogen (secondary N) is 1. The lowest BCUT2D eigenvalue weighted by molar-refractivity contribution is 0.149. The van der Waals surface area contributed by atoms with E-state index in [-0.39, 0.29) is 12.2 Å². The molecule has 0 saturated heterocycles. The number of nitriles is 1. The van der Waals surface area contributed by atoms with Crippen molar-refractivity contribution in [3.05, 3.63) is 33.2 Å². The van der Waals surface area contributed by atoms with Crippen molar-refractivity contribution in [2.45, 2.75) is 13.0 Å². The summed E-state index contributed by atoms with van der Waals surface area (Å²) in [5, 5.41) is 8.52. The van der Waals surface area contributed by atoms with E-state index in [0.717, 1.165) is 6.07 Å². The average molecular weight is 199 g/mol. The summed E-state index contributed by atoms with van der Waals surface area (Å²) < 4.78 is 24.6. The molecule has 1 aromatic heterocycles. The number of aromatic amines is 1. The zero-order valence-corrected chi connectivity index (χ0v) is 7.05. The highest BCUT2D eigenvalue weighted by Crippen LogP contribution is 2.17. The average Bonchev–Trinajstić information content (AvgIpc) is 2.15. The van der Waals surface area contributed by atoms with Crippen LogP contribution in [0.5, 0.6) is 0 Å². The molecule has 0 aliphatic rings. The molecule has 74 valence electrons. The summed E-state index contributed by atoms with van der Waals surface area (Å²) in [6.45, 7) is -0.00651. The Morgan fingerprint density at radius 3 is 2.71 bits per heavy atom. The van der Waals surface area contributed by atoms with E-state index in [1.54, 1.807) is 0 Å². The molecular weight excluding hydrogens is 192 g/mol. The fourth-order valence-electron chi connectivity index (χ4n) is 1.04. The smallest absolute Gasteiger partial charge is 0.270 e. The highest BCUT2D eigenvalue weighted by molar-refractivity contribution is 5.33. The Labute approximate surface area is 78.0 Å². The van der Waals surface area contributed by atoms with Crippen LogP contribution in [0.3, 0.4) is 0 Å². The van der Waals surface area contributed by atoms with E-state index in [2.05, 4.69) is 4.98 Å². The van der Waals surface area contributed by atoms with Crippen LogP contribution in [0.15, 0.2) is 10.9 Å². The molecule has 0 aromatic carbocycles. The molecule has 1 rings (SSSR count). The molecule has 3 N–H and O–H groups in total. The van der Waals surface area contributed by atoms with E-state index in [9.17, 15) is 13.6 Å². The molecule has 4 nitrogen and oxygen atoms in total. The van der Waals surface area contributed by atoms with E-state index in [1.165, 1.54) is 6.07 Å². The highest BCUT2D eigenvalue weighted by Gasteiger charge is 2.18. The summed E-state index contributed by atoms with van der Waals surface area (Å²) in [6, 6.07) is 2.48. The third-order valence-corrected chi connectivity index (χ3v) is 1.68. The number of H-pyrrole nitrogens is 1. The van der Waals surface area contributed by atoms with Crippen molar-refractivity contribution in [1.29, 1.82) is 5.26 Å². The number of hydrogen-bond donors (Lipinski definition) is 2. The molecule has 0 unspecified atom stereocenters. The van der Waals surface area contributed by atoms with Crippen LogP contribution in [0.4, 0.5) is 8.78 Å². The predicted octanol–water partition coefficient (Wildman–Crippen LogP) is 0.643. The number of hydrogen-bond acceptors (Lipinski definition) is 3. The quantitative estimate of drug-likeness (QED) is 0.733. The van der Waals surface area contributed by atoms with Crippen molar-refractivity contribution in [3.8, 4) is 6.07 Å². The number of aromatic nitrogens is 1. The van der Waals surface area contributed by atoms with Gasteiger partial charge in [-0.2, -0.15) is 5.26 Å². The first kappa shape index (κ1) is 10.3. The summed E-state index contributed by atoms with van der Waals surface area (Å²) in [5.41, 5.74) is 3.37. The van der Waals surface area contributed by atoms with Crippen LogP contribution in [0.1, 0.15) is 23.4 Å². The molecule has 0 aliphatic carbocycles. The molecule has 0 radical (unpaired) electrons. The van der Waals surface area contributed by atoms with Gasteiger partial charge in [0.1, 0.15) is 11.8 Å². The first-order valence-electron chi connectivity index (χ1n) is 3.74. The van der Waals surface area contributed by atoms with Crippen LogP contribution in [0.2, 0.25) is 0 Å². The normalized spacial score (nSPS) is 10.2.